The Labute approximate surface area is 86.9 Å². The molecule has 0 atom stereocenters. The third-order valence-corrected chi connectivity index (χ3v) is 2.48. The van der Waals surface area contributed by atoms with Crippen LogP contribution < -0.4 is 0 Å². The van der Waals surface area contributed by atoms with Gasteiger partial charge in [-0.2, -0.15) is 5.10 Å². The fraction of sp³-hybridized carbons (Fsp3) is 0.556. The van der Waals surface area contributed by atoms with Crippen molar-refractivity contribution >= 4 is 22.6 Å². The first-order valence-corrected chi connectivity index (χ1v) is 4.99. The van der Waals surface area contributed by atoms with Crippen LogP contribution in [0, 0.1) is 10.6 Å². The zero-order chi connectivity index (χ0) is 9.35. The summed E-state index contributed by atoms with van der Waals surface area (Å²) in [7, 11) is 0. The first-order valence-electron chi connectivity index (χ1n) is 3.91. The van der Waals surface area contributed by atoms with Crippen molar-refractivity contribution in [3.05, 3.63) is 21.0 Å². The molecule has 0 spiro atoms. The van der Waals surface area contributed by atoms with Crippen LogP contribution in [0.5, 0.6) is 0 Å². The fourth-order valence-corrected chi connectivity index (χ4v) is 2.07. The second-order valence-electron chi connectivity index (χ2n) is 3.94. The van der Waals surface area contributed by atoms with E-state index < -0.39 is 0 Å². The van der Waals surface area contributed by atoms with E-state index in [1.165, 1.54) is 5.56 Å². The molecule has 0 amide bonds. The molecule has 1 rings (SSSR count). The Morgan fingerprint density at radius 2 is 1.83 bits per heavy atom. The van der Waals surface area contributed by atoms with Gasteiger partial charge in [0.1, 0.15) is 3.70 Å². The van der Waals surface area contributed by atoms with Gasteiger partial charge in [-0.05, 0) is 46.6 Å². The molecule has 0 bridgehead atoms. The van der Waals surface area contributed by atoms with Crippen LogP contribution in [-0.2, 0) is 5.41 Å². The highest BCUT2D eigenvalue weighted by atomic mass is 127. The number of nitrogens with zero attached hydrogens (tertiary/aromatic N) is 2. The first-order chi connectivity index (χ1) is 5.41. The van der Waals surface area contributed by atoms with Gasteiger partial charge in [-0.3, -0.25) is 0 Å². The maximum absolute atomic E-state index is 4.08. The molecule has 0 N–H and O–H groups in total. The summed E-state index contributed by atoms with van der Waals surface area (Å²) in [6.07, 6.45) is 0. The molecule has 2 nitrogen and oxygen atoms in total. The molecule has 0 aliphatic carbocycles. The summed E-state index contributed by atoms with van der Waals surface area (Å²) in [4.78, 5) is 0. The predicted molar refractivity (Wildman–Crippen MR) is 58.2 cm³/mol. The molecule has 3 heteroatoms. The monoisotopic (exact) mass is 276 g/mol. The van der Waals surface area contributed by atoms with E-state index >= 15 is 0 Å². The normalized spacial score (nSPS) is 11.8. The third kappa shape index (κ3) is 2.15. The Bertz CT molecular complexity index is 289. The van der Waals surface area contributed by atoms with E-state index in [0.29, 0.717) is 0 Å². The van der Waals surface area contributed by atoms with Gasteiger partial charge in [-0.15, -0.1) is 5.10 Å². The molecule has 12 heavy (non-hydrogen) atoms. The predicted octanol–water partition coefficient (Wildman–Crippen LogP) is 2.69. The average Bonchev–Trinajstić information content (AvgIpc) is 1.92. The lowest BCUT2D eigenvalue weighted by molar-refractivity contribution is 0.578. The number of rotatable bonds is 0. The lowest BCUT2D eigenvalue weighted by Gasteiger charge is -2.19. The number of aryl methyl sites for hydroxylation is 1. The van der Waals surface area contributed by atoms with Crippen molar-refractivity contribution in [2.24, 2.45) is 0 Å². The van der Waals surface area contributed by atoms with Crippen LogP contribution in [0.1, 0.15) is 32.0 Å². The van der Waals surface area contributed by atoms with Crippen LogP contribution in [0.25, 0.3) is 0 Å². The van der Waals surface area contributed by atoms with E-state index in [-0.39, 0.29) is 5.41 Å². The minimum atomic E-state index is 0.164. The Morgan fingerprint density at radius 1 is 1.25 bits per heavy atom. The van der Waals surface area contributed by atoms with Crippen molar-refractivity contribution in [3.8, 4) is 0 Å². The molecule has 0 saturated carbocycles. The van der Waals surface area contributed by atoms with E-state index in [9.17, 15) is 0 Å². The highest BCUT2D eigenvalue weighted by Crippen LogP contribution is 2.25. The Balaban J connectivity index is 3.23. The number of halogens is 1. The molecule has 0 aromatic carbocycles. The van der Waals surface area contributed by atoms with Gasteiger partial charge in [0.05, 0.1) is 5.69 Å². The van der Waals surface area contributed by atoms with E-state index in [1.54, 1.807) is 0 Å². The Kier molecular flexibility index (Phi) is 2.70. The van der Waals surface area contributed by atoms with Crippen molar-refractivity contribution in [1.82, 2.24) is 10.2 Å². The highest BCUT2D eigenvalue weighted by Gasteiger charge is 2.18. The smallest absolute Gasteiger partial charge is 0.127 e. The number of hydrogen-bond acceptors (Lipinski definition) is 2. The fourth-order valence-electron chi connectivity index (χ4n) is 1.000. The second kappa shape index (κ2) is 3.28. The molecule has 0 aliphatic rings. The Morgan fingerprint density at radius 3 is 2.25 bits per heavy atom. The van der Waals surface area contributed by atoms with Gasteiger partial charge < -0.3 is 0 Å². The SMILES string of the molecule is Cc1cc(C(C)(C)C)c(I)nn1. The van der Waals surface area contributed by atoms with E-state index in [4.69, 9.17) is 0 Å². The van der Waals surface area contributed by atoms with Crippen molar-refractivity contribution in [1.29, 1.82) is 0 Å². The van der Waals surface area contributed by atoms with Crippen LogP contribution in [0.15, 0.2) is 6.07 Å². The molecule has 1 aromatic heterocycles. The van der Waals surface area contributed by atoms with Crippen molar-refractivity contribution in [2.75, 3.05) is 0 Å². The summed E-state index contributed by atoms with van der Waals surface area (Å²) in [5, 5.41) is 8.08. The summed E-state index contributed by atoms with van der Waals surface area (Å²) in [5.41, 5.74) is 2.42. The van der Waals surface area contributed by atoms with Crippen LogP contribution in [0.2, 0.25) is 0 Å². The van der Waals surface area contributed by atoms with Crippen LogP contribution in [0.4, 0.5) is 0 Å². The van der Waals surface area contributed by atoms with E-state index in [2.05, 4.69) is 59.6 Å². The Hall–Kier alpha value is -0.190. The summed E-state index contributed by atoms with van der Waals surface area (Å²) < 4.78 is 1.01. The standard InChI is InChI=1S/C9H13IN2/c1-6-5-7(9(2,3)4)8(10)12-11-6/h5H,1-4H3. The molecule has 66 valence electrons. The minimum Gasteiger partial charge on any atom is -0.155 e. The van der Waals surface area contributed by atoms with Crippen molar-refractivity contribution < 1.29 is 0 Å². The van der Waals surface area contributed by atoms with Crippen LogP contribution in [0.3, 0.4) is 0 Å². The number of aromatic nitrogens is 2. The average molecular weight is 276 g/mol. The summed E-state index contributed by atoms with van der Waals surface area (Å²) in [6, 6.07) is 2.11. The van der Waals surface area contributed by atoms with Crippen molar-refractivity contribution in [2.45, 2.75) is 33.1 Å². The maximum atomic E-state index is 4.08. The lowest BCUT2D eigenvalue weighted by atomic mass is 9.88. The third-order valence-electron chi connectivity index (χ3n) is 1.68. The molecule has 1 heterocycles. The summed E-state index contributed by atoms with van der Waals surface area (Å²) in [5.74, 6) is 0. The van der Waals surface area contributed by atoms with Gasteiger partial charge in [0.25, 0.3) is 0 Å². The number of hydrogen-bond donors (Lipinski definition) is 0. The van der Waals surface area contributed by atoms with Gasteiger partial charge >= 0.3 is 0 Å². The summed E-state index contributed by atoms with van der Waals surface area (Å²) >= 11 is 2.23. The van der Waals surface area contributed by atoms with Crippen molar-refractivity contribution in [3.63, 3.8) is 0 Å². The first kappa shape index (κ1) is 9.89. The summed E-state index contributed by atoms with van der Waals surface area (Å²) in [6.45, 7) is 8.53. The van der Waals surface area contributed by atoms with E-state index in [1.807, 2.05) is 6.92 Å². The zero-order valence-corrected chi connectivity index (χ0v) is 10.0. The van der Waals surface area contributed by atoms with Gasteiger partial charge in [-0.25, -0.2) is 0 Å². The quantitative estimate of drug-likeness (QED) is 0.681. The van der Waals surface area contributed by atoms with Crippen LogP contribution >= 0.6 is 22.6 Å². The molecule has 0 aliphatic heterocycles. The van der Waals surface area contributed by atoms with Gasteiger partial charge in [-0.1, -0.05) is 20.8 Å². The largest absolute Gasteiger partial charge is 0.155 e. The molecule has 1 aromatic rings. The zero-order valence-electron chi connectivity index (χ0n) is 7.85. The molecule has 0 fully saturated rings. The second-order valence-corrected chi connectivity index (χ2v) is 4.96. The van der Waals surface area contributed by atoms with Gasteiger partial charge in [0, 0.05) is 0 Å². The topological polar surface area (TPSA) is 25.8 Å². The lowest BCUT2D eigenvalue weighted by Crippen LogP contribution is -2.15. The molecule has 0 unspecified atom stereocenters. The minimum absolute atomic E-state index is 0.164. The van der Waals surface area contributed by atoms with Crippen LogP contribution in [-0.4, -0.2) is 10.2 Å². The molecular formula is C9H13IN2. The van der Waals surface area contributed by atoms with Gasteiger partial charge in [0.15, 0.2) is 0 Å². The highest BCUT2D eigenvalue weighted by molar-refractivity contribution is 14.1. The van der Waals surface area contributed by atoms with Gasteiger partial charge in [0.2, 0.25) is 0 Å². The molecule has 0 radical (unpaired) electrons. The molecule has 0 saturated heterocycles. The van der Waals surface area contributed by atoms with E-state index in [0.717, 1.165) is 9.39 Å². The molecular weight excluding hydrogens is 263 g/mol. The maximum Gasteiger partial charge on any atom is 0.127 e.